The van der Waals surface area contributed by atoms with Crippen molar-refractivity contribution in [3.63, 3.8) is 0 Å². The van der Waals surface area contributed by atoms with Crippen LogP contribution < -0.4 is 10.6 Å². The fraction of sp³-hybridized carbons (Fsp3) is 0.333. The van der Waals surface area contributed by atoms with Crippen LogP contribution in [0, 0.1) is 0 Å². The van der Waals surface area contributed by atoms with E-state index in [0.29, 0.717) is 5.69 Å². The summed E-state index contributed by atoms with van der Waals surface area (Å²) in [5, 5.41) is 5.90. The van der Waals surface area contributed by atoms with Crippen LogP contribution in [0.1, 0.15) is 48.0 Å². The van der Waals surface area contributed by atoms with Gasteiger partial charge in [-0.1, -0.05) is 45.1 Å². The molecule has 1 aromatic carbocycles. The quantitative estimate of drug-likeness (QED) is 0.408. The number of aliphatic imine (C=N–C) groups is 1. The molecule has 1 aromatic rings. The van der Waals surface area contributed by atoms with Crippen molar-refractivity contribution in [3.05, 3.63) is 60.3 Å². The Kier molecular flexibility index (Phi) is 10.6. The number of carbonyl (C=O) groups is 1. The summed E-state index contributed by atoms with van der Waals surface area (Å²) in [5.74, 6) is 0.501. The molecule has 0 aliphatic heterocycles. The van der Waals surface area contributed by atoms with E-state index < -0.39 is 0 Å². The van der Waals surface area contributed by atoms with E-state index in [-0.39, 0.29) is 5.91 Å². The maximum atomic E-state index is 11.4. The van der Waals surface area contributed by atoms with Crippen LogP contribution in [0.25, 0.3) is 0 Å². The van der Waals surface area contributed by atoms with Gasteiger partial charge in [0.15, 0.2) is 0 Å². The second-order valence-electron chi connectivity index (χ2n) is 5.94. The lowest BCUT2D eigenvalue weighted by Gasteiger charge is -2.12. The van der Waals surface area contributed by atoms with Crippen LogP contribution in [0.15, 0.2) is 65.3 Å². The molecule has 0 saturated heterocycles. The maximum absolute atomic E-state index is 11.4. The average molecular weight is 341 g/mol. The first-order valence-corrected chi connectivity index (χ1v) is 8.44. The fourth-order valence-corrected chi connectivity index (χ4v) is 1.62. The van der Waals surface area contributed by atoms with E-state index in [1.54, 1.807) is 12.1 Å². The molecular formula is C21H31N3O. The molecular weight excluding hydrogens is 310 g/mol. The van der Waals surface area contributed by atoms with Crippen molar-refractivity contribution in [2.45, 2.75) is 48.0 Å². The highest BCUT2D eigenvalue weighted by molar-refractivity contribution is 6.01. The van der Waals surface area contributed by atoms with E-state index in [0.717, 1.165) is 22.8 Å². The van der Waals surface area contributed by atoms with Gasteiger partial charge in [-0.25, -0.2) is 4.99 Å². The van der Waals surface area contributed by atoms with Gasteiger partial charge in [0.05, 0.1) is 5.69 Å². The molecule has 136 valence electrons. The van der Waals surface area contributed by atoms with Gasteiger partial charge >= 0.3 is 0 Å². The predicted molar refractivity (Wildman–Crippen MR) is 110 cm³/mol. The zero-order valence-corrected chi connectivity index (χ0v) is 16.4. The highest BCUT2D eigenvalue weighted by Gasteiger charge is 2.05. The number of rotatable bonds is 5. The SMILES string of the molecule is C=CC(=O)Nc1cccc(N=C(NC(=C)C)C(C)=C(C)C)c1.CCC. The molecule has 0 atom stereocenters. The normalized spacial score (nSPS) is 10.1. The molecule has 0 bridgehead atoms. The zero-order chi connectivity index (χ0) is 19.4. The van der Waals surface area contributed by atoms with E-state index in [1.807, 2.05) is 39.8 Å². The summed E-state index contributed by atoms with van der Waals surface area (Å²) in [6, 6.07) is 7.33. The van der Waals surface area contributed by atoms with E-state index >= 15 is 0 Å². The topological polar surface area (TPSA) is 53.5 Å². The lowest BCUT2D eigenvalue weighted by molar-refractivity contribution is -0.111. The van der Waals surface area contributed by atoms with Crippen LogP contribution in [0.4, 0.5) is 11.4 Å². The van der Waals surface area contributed by atoms with Gasteiger partial charge in [-0.2, -0.15) is 0 Å². The minimum Gasteiger partial charge on any atom is -0.344 e. The Balaban J connectivity index is 0.00000178. The number of nitrogens with one attached hydrogen (secondary N) is 2. The van der Waals surface area contributed by atoms with Crippen molar-refractivity contribution < 1.29 is 4.79 Å². The number of amidine groups is 1. The Morgan fingerprint density at radius 3 is 2.28 bits per heavy atom. The minimum atomic E-state index is -0.248. The molecule has 0 saturated carbocycles. The van der Waals surface area contributed by atoms with Crippen LogP contribution in [-0.2, 0) is 4.79 Å². The molecule has 0 spiro atoms. The second-order valence-corrected chi connectivity index (χ2v) is 5.94. The highest BCUT2D eigenvalue weighted by atomic mass is 16.1. The minimum absolute atomic E-state index is 0.248. The Bertz CT molecular complexity index is 665. The number of hydrogen-bond donors (Lipinski definition) is 2. The van der Waals surface area contributed by atoms with Crippen LogP contribution in [-0.4, -0.2) is 11.7 Å². The summed E-state index contributed by atoms with van der Waals surface area (Å²) in [6.45, 7) is 19.5. The summed E-state index contributed by atoms with van der Waals surface area (Å²) >= 11 is 0. The number of hydrogen-bond acceptors (Lipinski definition) is 2. The summed E-state index contributed by atoms with van der Waals surface area (Å²) < 4.78 is 0. The Morgan fingerprint density at radius 2 is 1.80 bits per heavy atom. The number of amides is 1. The Morgan fingerprint density at radius 1 is 1.20 bits per heavy atom. The van der Waals surface area contributed by atoms with Crippen molar-refractivity contribution >= 4 is 23.1 Å². The summed E-state index contributed by atoms with van der Waals surface area (Å²) in [7, 11) is 0. The molecule has 0 aliphatic rings. The van der Waals surface area contributed by atoms with Crippen LogP contribution in [0.5, 0.6) is 0 Å². The van der Waals surface area contributed by atoms with Gasteiger partial charge in [0.1, 0.15) is 5.84 Å². The zero-order valence-electron chi connectivity index (χ0n) is 16.4. The average Bonchev–Trinajstić information content (AvgIpc) is 2.54. The second kappa shape index (κ2) is 11.8. The van der Waals surface area contributed by atoms with Crippen LogP contribution in [0.2, 0.25) is 0 Å². The third-order valence-electron chi connectivity index (χ3n) is 2.98. The van der Waals surface area contributed by atoms with E-state index in [1.165, 1.54) is 18.1 Å². The van der Waals surface area contributed by atoms with Gasteiger partial charge in [0.25, 0.3) is 0 Å². The first kappa shape index (κ1) is 22.4. The first-order chi connectivity index (χ1) is 11.7. The molecule has 2 N–H and O–H groups in total. The molecule has 0 heterocycles. The third kappa shape index (κ3) is 9.30. The van der Waals surface area contributed by atoms with Crippen molar-refractivity contribution in [2.24, 2.45) is 4.99 Å². The van der Waals surface area contributed by atoms with Crippen LogP contribution in [0.3, 0.4) is 0 Å². The lowest BCUT2D eigenvalue weighted by atomic mass is 10.1. The summed E-state index contributed by atoms with van der Waals surface area (Å²) in [4.78, 5) is 16.0. The molecule has 0 aliphatic carbocycles. The molecule has 0 fully saturated rings. The molecule has 25 heavy (non-hydrogen) atoms. The van der Waals surface area contributed by atoms with E-state index in [2.05, 4.69) is 42.6 Å². The predicted octanol–water partition coefficient (Wildman–Crippen LogP) is 5.74. The maximum Gasteiger partial charge on any atom is 0.247 e. The van der Waals surface area contributed by atoms with Crippen molar-refractivity contribution in [1.29, 1.82) is 0 Å². The van der Waals surface area contributed by atoms with E-state index in [9.17, 15) is 4.79 Å². The van der Waals surface area contributed by atoms with Crippen molar-refractivity contribution in [3.8, 4) is 0 Å². The molecule has 0 aromatic heterocycles. The number of allylic oxidation sites excluding steroid dienone is 2. The largest absolute Gasteiger partial charge is 0.344 e. The standard InChI is InChI=1S/C18H23N3O.C3H8/c1-7-17(22)20-15-9-8-10-16(11-15)21-18(19-13(4)5)14(6)12(2)3;1-3-2/h7-11H,1,4H2,2-3,5-6H3,(H,19,21)(H,20,22);3H2,1-2H3. The lowest BCUT2D eigenvalue weighted by Crippen LogP contribution is -2.22. The van der Waals surface area contributed by atoms with Crippen molar-refractivity contribution in [2.75, 3.05) is 5.32 Å². The first-order valence-electron chi connectivity index (χ1n) is 8.44. The smallest absolute Gasteiger partial charge is 0.247 e. The van der Waals surface area contributed by atoms with Gasteiger partial charge in [0.2, 0.25) is 5.91 Å². The van der Waals surface area contributed by atoms with Gasteiger partial charge < -0.3 is 10.6 Å². The Labute approximate surface area is 152 Å². The summed E-state index contributed by atoms with van der Waals surface area (Å²) in [5.41, 5.74) is 4.46. The molecule has 0 radical (unpaired) electrons. The van der Waals surface area contributed by atoms with Crippen LogP contribution >= 0.6 is 0 Å². The molecule has 4 nitrogen and oxygen atoms in total. The molecule has 1 amide bonds. The van der Waals surface area contributed by atoms with E-state index in [4.69, 9.17) is 0 Å². The molecule has 0 unspecified atom stereocenters. The van der Waals surface area contributed by atoms with Crippen molar-refractivity contribution in [1.82, 2.24) is 5.32 Å². The number of nitrogens with zero attached hydrogens (tertiary/aromatic N) is 1. The monoisotopic (exact) mass is 341 g/mol. The summed E-state index contributed by atoms with van der Waals surface area (Å²) in [6.07, 6.45) is 2.48. The Hall–Kier alpha value is -2.62. The van der Waals surface area contributed by atoms with Gasteiger partial charge in [0, 0.05) is 11.4 Å². The number of benzene rings is 1. The molecule has 4 heteroatoms. The number of anilines is 1. The molecule has 1 rings (SSSR count). The third-order valence-corrected chi connectivity index (χ3v) is 2.98. The van der Waals surface area contributed by atoms with Gasteiger partial charge in [-0.3, -0.25) is 4.79 Å². The van der Waals surface area contributed by atoms with Gasteiger partial charge in [-0.05, 0) is 57.5 Å². The fourth-order valence-electron chi connectivity index (χ4n) is 1.62. The highest BCUT2D eigenvalue weighted by Crippen LogP contribution is 2.19. The van der Waals surface area contributed by atoms with Gasteiger partial charge in [-0.15, -0.1) is 0 Å². The number of carbonyl (C=O) groups excluding carboxylic acids is 1.